The van der Waals surface area contributed by atoms with E-state index >= 15 is 0 Å². The lowest BCUT2D eigenvalue weighted by molar-refractivity contribution is 0.0711. The Kier molecular flexibility index (Phi) is 4.51. The van der Waals surface area contributed by atoms with E-state index in [9.17, 15) is 9.59 Å². The molecule has 1 amide bonds. The average molecular weight is 343 g/mol. The van der Waals surface area contributed by atoms with Crippen molar-refractivity contribution in [2.24, 2.45) is 0 Å². The van der Waals surface area contributed by atoms with Crippen molar-refractivity contribution < 1.29 is 19.2 Å². The van der Waals surface area contributed by atoms with Crippen molar-refractivity contribution >= 4 is 34.0 Å². The van der Waals surface area contributed by atoms with E-state index in [1.54, 1.807) is 17.6 Å². The summed E-state index contributed by atoms with van der Waals surface area (Å²) in [5, 5.41) is 9.62. The van der Waals surface area contributed by atoms with Gasteiger partial charge in [0.25, 0.3) is 5.91 Å². The van der Waals surface area contributed by atoms with Crippen molar-refractivity contribution in [1.29, 1.82) is 0 Å². The zero-order valence-electron chi connectivity index (χ0n) is 13.3. The van der Waals surface area contributed by atoms with Crippen molar-refractivity contribution in [2.45, 2.75) is 26.2 Å². The van der Waals surface area contributed by atoms with Crippen LogP contribution in [0.15, 0.2) is 40.8 Å². The maximum Gasteiger partial charge on any atom is 0.284 e. The fourth-order valence-corrected chi connectivity index (χ4v) is 3.66. The number of thiophene rings is 1. The number of carbonyl (C=O) groups excluding carboxylic acids is 2. The van der Waals surface area contributed by atoms with Gasteiger partial charge < -0.3 is 4.42 Å². The lowest BCUT2D eigenvalue weighted by Gasteiger charge is -2.07. The van der Waals surface area contributed by atoms with E-state index in [-0.39, 0.29) is 11.7 Å². The molecular weight excluding hydrogens is 326 g/mol. The van der Waals surface area contributed by atoms with Gasteiger partial charge in [-0.05, 0) is 31.0 Å². The molecule has 0 bridgehead atoms. The summed E-state index contributed by atoms with van der Waals surface area (Å²) in [5.74, 6) is -0.251. The third kappa shape index (κ3) is 2.98. The first-order valence-corrected chi connectivity index (χ1v) is 8.38. The molecule has 3 aromatic rings. The van der Waals surface area contributed by atoms with E-state index < -0.39 is 5.91 Å². The molecule has 0 aliphatic carbocycles. The molecule has 1 aromatic carbocycles. The van der Waals surface area contributed by atoms with Gasteiger partial charge in [0, 0.05) is 22.2 Å². The van der Waals surface area contributed by atoms with Crippen LogP contribution in [0.1, 0.15) is 49.9 Å². The van der Waals surface area contributed by atoms with E-state index in [1.165, 1.54) is 11.3 Å². The third-order valence-corrected chi connectivity index (χ3v) is 5.34. The number of ketones is 1. The number of amides is 1. The second kappa shape index (κ2) is 6.59. The van der Waals surface area contributed by atoms with Crippen LogP contribution in [0, 0.1) is 6.92 Å². The Bertz CT molecular complexity index is 909. The van der Waals surface area contributed by atoms with Crippen LogP contribution in [0.25, 0.3) is 11.0 Å². The summed E-state index contributed by atoms with van der Waals surface area (Å²) < 4.78 is 5.71. The number of hydrogen-bond acceptors (Lipinski definition) is 5. The minimum absolute atomic E-state index is 0.0460. The monoisotopic (exact) mass is 343 g/mol. The molecule has 0 saturated carbocycles. The Morgan fingerprint density at radius 1 is 1.25 bits per heavy atom. The predicted octanol–water partition coefficient (Wildman–Crippen LogP) is 4.30. The highest BCUT2D eigenvalue weighted by Crippen LogP contribution is 2.31. The number of furan rings is 1. The Hall–Kier alpha value is -2.44. The number of benzene rings is 1. The van der Waals surface area contributed by atoms with Crippen LogP contribution in [0.3, 0.4) is 0 Å². The quantitative estimate of drug-likeness (QED) is 0.411. The Balaban J connectivity index is 1.79. The summed E-state index contributed by atoms with van der Waals surface area (Å²) in [6, 6.07) is 11.0. The van der Waals surface area contributed by atoms with E-state index in [1.807, 2.05) is 38.1 Å². The van der Waals surface area contributed by atoms with Gasteiger partial charge in [-0.2, -0.15) is 0 Å². The van der Waals surface area contributed by atoms with Crippen LogP contribution in [0.5, 0.6) is 0 Å². The Morgan fingerprint density at radius 2 is 2.00 bits per heavy atom. The van der Waals surface area contributed by atoms with E-state index in [2.05, 4.69) is 0 Å². The molecule has 1 atom stereocenters. The van der Waals surface area contributed by atoms with Gasteiger partial charge in [0.05, 0.1) is 4.88 Å². The highest BCUT2D eigenvalue weighted by Gasteiger charge is 2.21. The summed E-state index contributed by atoms with van der Waals surface area (Å²) in [5.41, 5.74) is 3.18. The summed E-state index contributed by atoms with van der Waals surface area (Å²) in [7, 11) is 0. The number of rotatable bonds is 5. The normalized spacial score (nSPS) is 12.3. The Labute approximate surface area is 142 Å². The van der Waals surface area contributed by atoms with Gasteiger partial charge in [-0.3, -0.25) is 14.8 Å². The number of para-hydroxylation sites is 1. The molecule has 0 aliphatic heterocycles. The molecule has 5 nitrogen and oxygen atoms in total. The molecule has 0 fully saturated rings. The number of hydrogen-bond donors (Lipinski definition) is 2. The number of aryl methyl sites for hydroxylation is 1. The predicted molar refractivity (Wildman–Crippen MR) is 91.9 cm³/mol. The largest absolute Gasteiger partial charge is 0.453 e. The standard InChI is InChI=1S/C18H17NO4S/c1-10(15-7-8-16(24-15)18(21)19-22)9-13(20)17-11(2)12-5-3-4-6-14(12)23-17/h3-8,10,22H,9H2,1-2H3,(H,19,21)/t10-/m0/s1. The van der Waals surface area contributed by atoms with Gasteiger partial charge >= 0.3 is 0 Å². The van der Waals surface area contributed by atoms with Crippen LogP contribution >= 0.6 is 11.3 Å². The van der Waals surface area contributed by atoms with Gasteiger partial charge in [-0.25, -0.2) is 5.48 Å². The molecule has 2 aromatic heterocycles. The maximum absolute atomic E-state index is 12.6. The zero-order chi connectivity index (χ0) is 17.3. The van der Waals surface area contributed by atoms with Gasteiger partial charge in [-0.1, -0.05) is 25.1 Å². The molecule has 0 unspecified atom stereocenters. The summed E-state index contributed by atoms with van der Waals surface area (Å²) in [6.45, 7) is 3.82. The summed E-state index contributed by atoms with van der Waals surface area (Å²) >= 11 is 1.27. The molecule has 24 heavy (non-hydrogen) atoms. The van der Waals surface area contributed by atoms with Crippen molar-refractivity contribution in [3.63, 3.8) is 0 Å². The van der Waals surface area contributed by atoms with Crippen molar-refractivity contribution in [2.75, 3.05) is 0 Å². The molecule has 2 heterocycles. The minimum atomic E-state index is -0.544. The number of hydroxylamine groups is 1. The third-order valence-electron chi connectivity index (χ3n) is 4.03. The van der Waals surface area contributed by atoms with Crippen LogP contribution in [0.2, 0.25) is 0 Å². The van der Waals surface area contributed by atoms with Crippen LogP contribution < -0.4 is 5.48 Å². The number of Topliss-reactive ketones (excluding diaryl/α,β-unsaturated/α-hetero) is 1. The highest BCUT2D eigenvalue weighted by atomic mass is 32.1. The van der Waals surface area contributed by atoms with E-state index in [0.717, 1.165) is 15.8 Å². The second-order valence-electron chi connectivity index (χ2n) is 5.72. The molecule has 0 saturated heterocycles. The topological polar surface area (TPSA) is 79.5 Å². The molecule has 0 radical (unpaired) electrons. The van der Waals surface area contributed by atoms with E-state index in [0.29, 0.717) is 22.6 Å². The number of nitrogens with one attached hydrogen (secondary N) is 1. The van der Waals surface area contributed by atoms with Crippen molar-refractivity contribution in [3.05, 3.63) is 57.5 Å². The molecule has 0 spiro atoms. The summed E-state index contributed by atoms with van der Waals surface area (Å²) in [4.78, 5) is 25.3. The van der Waals surface area contributed by atoms with Gasteiger partial charge in [0.15, 0.2) is 11.5 Å². The van der Waals surface area contributed by atoms with Crippen LogP contribution in [-0.2, 0) is 0 Å². The minimum Gasteiger partial charge on any atom is -0.453 e. The van der Waals surface area contributed by atoms with Gasteiger partial charge in [0.2, 0.25) is 0 Å². The van der Waals surface area contributed by atoms with Gasteiger partial charge in [0.1, 0.15) is 5.58 Å². The molecule has 0 aliphatic rings. The van der Waals surface area contributed by atoms with Crippen molar-refractivity contribution in [3.8, 4) is 0 Å². The molecule has 2 N–H and O–H groups in total. The average Bonchev–Trinajstić information content (AvgIpc) is 3.20. The fraction of sp³-hybridized carbons (Fsp3) is 0.222. The lowest BCUT2D eigenvalue weighted by atomic mass is 10.00. The molecule has 6 heteroatoms. The number of carbonyl (C=O) groups is 2. The molecule has 124 valence electrons. The smallest absolute Gasteiger partial charge is 0.284 e. The lowest BCUT2D eigenvalue weighted by Crippen LogP contribution is -2.16. The van der Waals surface area contributed by atoms with Crippen LogP contribution in [0.4, 0.5) is 0 Å². The maximum atomic E-state index is 12.6. The zero-order valence-corrected chi connectivity index (χ0v) is 14.1. The van der Waals surface area contributed by atoms with Crippen LogP contribution in [-0.4, -0.2) is 16.9 Å². The number of fused-ring (bicyclic) bond motifs is 1. The fourth-order valence-electron chi connectivity index (χ4n) is 2.71. The van der Waals surface area contributed by atoms with Crippen molar-refractivity contribution in [1.82, 2.24) is 5.48 Å². The second-order valence-corrected chi connectivity index (χ2v) is 6.84. The first kappa shape index (κ1) is 16.4. The molecular formula is C18H17NO4S. The SMILES string of the molecule is Cc1c(C(=O)C[C@H](C)c2ccc(C(=O)NO)s2)oc2ccccc12. The van der Waals surface area contributed by atoms with E-state index in [4.69, 9.17) is 9.62 Å². The first-order chi connectivity index (χ1) is 11.5. The Morgan fingerprint density at radius 3 is 2.71 bits per heavy atom. The first-order valence-electron chi connectivity index (χ1n) is 7.56. The van der Waals surface area contributed by atoms with Gasteiger partial charge in [-0.15, -0.1) is 11.3 Å². The highest BCUT2D eigenvalue weighted by molar-refractivity contribution is 7.14. The molecule has 3 rings (SSSR count). The summed E-state index contributed by atoms with van der Waals surface area (Å²) in [6.07, 6.45) is 0.293.